The van der Waals surface area contributed by atoms with Gasteiger partial charge in [0.25, 0.3) is 11.8 Å². The second-order valence-corrected chi connectivity index (χ2v) is 5.45. The molecule has 3 rings (SSSR count). The minimum absolute atomic E-state index is 0.192. The van der Waals surface area contributed by atoms with Crippen molar-refractivity contribution >= 4 is 22.7 Å². The zero-order valence-corrected chi connectivity index (χ0v) is 13.8. The first-order chi connectivity index (χ1) is 12.7. The maximum atomic E-state index is 12.4. The fourth-order valence-corrected chi connectivity index (χ4v) is 2.49. The molecule has 0 atom stereocenters. The second kappa shape index (κ2) is 8.09. The summed E-state index contributed by atoms with van der Waals surface area (Å²) in [6, 6.07) is 15.4. The number of carbonyl (C=O) groups is 2. The first kappa shape index (κ1) is 17.4. The lowest BCUT2D eigenvalue weighted by molar-refractivity contribution is 0.0706. The van der Waals surface area contributed by atoms with Gasteiger partial charge in [0, 0.05) is 17.1 Å². The molecule has 132 valence electrons. The molecule has 2 amide bonds. The number of para-hydroxylation sites is 1. The van der Waals surface area contributed by atoms with Gasteiger partial charge >= 0.3 is 0 Å². The molecule has 26 heavy (non-hydrogen) atoms. The van der Waals surface area contributed by atoms with Crippen molar-refractivity contribution in [3.8, 4) is 5.75 Å². The van der Waals surface area contributed by atoms with Crippen LogP contribution in [0, 0.1) is 0 Å². The fraction of sp³-hybridized carbons (Fsp3) is 0.105. The highest BCUT2D eigenvalue weighted by Crippen LogP contribution is 2.16. The third-order valence-electron chi connectivity index (χ3n) is 3.77. The van der Waals surface area contributed by atoms with Gasteiger partial charge in [-0.2, -0.15) is 0 Å². The zero-order chi connectivity index (χ0) is 18.4. The number of nitrogens with one attached hydrogen (secondary N) is 2. The molecule has 3 aromatic rings. The van der Waals surface area contributed by atoms with Gasteiger partial charge in [0.15, 0.2) is 0 Å². The smallest absolute Gasteiger partial charge is 0.274 e. The largest absolute Gasteiger partial charge is 0.492 e. The monoisotopic (exact) mass is 351 g/mol. The average Bonchev–Trinajstić information content (AvgIpc) is 2.70. The Kier molecular flexibility index (Phi) is 5.40. The number of aromatic nitrogens is 1. The van der Waals surface area contributed by atoms with Crippen LogP contribution in [-0.4, -0.2) is 35.2 Å². The van der Waals surface area contributed by atoms with Crippen molar-refractivity contribution in [2.75, 3.05) is 13.2 Å². The van der Waals surface area contributed by atoms with Gasteiger partial charge in [-0.1, -0.05) is 18.2 Å². The van der Waals surface area contributed by atoms with E-state index in [1.54, 1.807) is 29.9 Å². The molecule has 2 aromatic carbocycles. The topological polar surface area (TPSA) is 101 Å². The lowest BCUT2D eigenvalue weighted by Crippen LogP contribution is -2.28. The highest BCUT2D eigenvalue weighted by atomic mass is 16.5. The van der Waals surface area contributed by atoms with Crippen LogP contribution in [0.15, 0.2) is 60.8 Å². The summed E-state index contributed by atoms with van der Waals surface area (Å²) in [6.07, 6.45) is 1.61. The lowest BCUT2D eigenvalue weighted by atomic mass is 10.1. The first-order valence-electron chi connectivity index (χ1n) is 7.98. The van der Waals surface area contributed by atoms with Gasteiger partial charge in [0.05, 0.1) is 17.6 Å². The summed E-state index contributed by atoms with van der Waals surface area (Å²) in [6.45, 7) is 0.606. The molecule has 0 saturated carbocycles. The molecule has 0 fully saturated rings. The van der Waals surface area contributed by atoms with Crippen molar-refractivity contribution in [2.24, 2.45) is 0 Å². The zero-order valence-electron chi connectivity index (χ0n) is 13.8. The molecule has 0 aliphatic rings. The Morgan fingerprint density at radius 2 is 1.77 bits per heavy atom. The Balaban J connectivity index is 1.53. The summed E-state index contributed by atoms with van der Waals surface area (Å²) >= 11 is 0. The van der Waals surface area contributed by atoms with E-state index >= 15 is 0 Å². The summed E-state index contributed by atoms with van der Waals surface area (Å²) < 4.78 is 5.53. The molecule has 0 aliphatic heterocycles. The molecule has 0 spiro atoms. The Morgan fingerprint density at radius 3 is 2.54 bits per heavy atom. The minimum Gasteiger partial charge on any atom is -0.492 e. The van der Waals surface area contributed by atoms with Gasteiger partial charge in [-0.15, -0.1) is 0 Å². The molecule has 1 heterocycles. The average molecular weight is 351 g/mol. The summed E-state index contributed by atoms with van der Waals surface area (Å²) in [5.74, 6) is -0.223. The third-order valence-corrected chi connectivity index (χ3v) is 3.77. The summed E-state index contributed by atoms with van der Waals surface area (Å²) in [5, 5.41) is 12.2. The van der Waals surface area contributed by atoms with Crippen LogP contribution in [-0.2, 0) is 0 Å². The van der Waals surface area contributed by atoms with E-state index in [4.69, 9.17) is 9.94 Å². The number of pyridine rings is 1. The van der Waals surface area contributed by atoms with Gasteiger partial charge < -0.3 is 10.1 Å². The van der Waals surface area contributed by atoms with Crippen LogP contribution >= 0.6 is 0 Å². The Bertz CT molecular complexity index is 920. The van der Waals surface area contributed by atoms with Crippen molar-refractivity contribution in [1.29, 1.82) is 0 Å². The van der Waals surface area contributed by atoms with Crippen LogP contribution in [0.3, 0.4) is 0 Å². The number of hydrogen-bond acceptors (Lipinski definition) is 5. The van der Waals surface area contributed by atoms with Crippen LogP contribution < -0.4 is 15.5 Å². The maximum Gasteiger partial charge on any atom is 0.274 e. The first-order valence-corrected chi connectivity index (χ1v) is 7.98. The summed E-state index contributed by atoms with van der Waals surface area (Å²) in [4.78, 5) is 27.8. The number of ether oxygens (including phenoxy) is 1. The van der Waals surface area contributed by atoms with E-state index in [1.165, 1.54) is 12.1 Å². The molecule has 0 saturated heterocycles. The quantitative estimate of drug-likeness (QED) is 0.359. The van der Waals surface area contributed by atoms with Crippen LogP contribution in [0.5, 0.6) is 5.75 Å². The number of nitrogens with zero attached hydrogens (tertiary/aromatic N) is 1. The predicted molar refractivity (Wildman–Crippen MR) is 95.3 cm³/mol. The SMILES string of the molecule is O=C(NO)c1ccc(OCCNC(=O)c2ccnc3ccccc23)cc1. The molecule has 7 heteroatoms. The number of rotatable bonds is 6. The Hall–Kier alpha value is -3.45. The second-order valence-electron chi connectivity index (χ2n) is 5.45. The van der Waals surface area contributed by atoms with E-state index in [9.17, 15) is 9.59 Å². The van der Waals surface area contributed by atoms with E-state index in [-0.39, 0.29) is 12.5 Å². The van der Waals surface area contributed by atoms with Gasteiger partial charge in [-0.05, 0) is 36.4 Å². The van der Waals surface area contributed by atoms with Crippen LogP contribution in [0.2, 0.25) is 0 Å². The van der Waals surface area contributed by atoms with Crippen LogP contribution in [0.25, 0.3) is 10.9 Å². The van der Waals surface area contributed by atoms with Gasteiger partial charge in [-0.3, -0.25) is 19.8 Å². The normalized spacial score (nSPS) is 10.3. The highest BCUT2D eigenvalue weighted by molar-refractivity contribution is 6.05. The van der Waals surface area contributed by atoms with E-state index in [1.807, 2.05) is 24.3 Å². The number of benzene rings is 2. The van der Waals surface area contributed by atoms with Crippen LogP contribution in [0.1, 0.15) is 20.7 Å². The molecule has 0 aliphatic carbocycles. The molecule has 3 N–H and O–H groups in total. The van der Waals surface area contributed by atoms with Crippen molar-refractivity contribution in [3.05, 3.63) is 71.9 Å². The number of hydrogen-bond donors (Lipinski definition) is 3. The maximum absolute atomic E-state index is 12.4. The molecule has 0 bridgehead atoms. The van der Waals surface area contributed by atoms with E-state index in [2.05, 4.69) is 10.3 Å². The fourth-order valence-electron chi connectivity index (χ4n) is 2.49. The van der Waals surface area contributed by atoms with Crippen molar-refractivity contribution < 1.29 is 19.5 Å². The third kappa shape index (κ3) is 3.96. The molecular formula is C19H17N3O4. The number of carbonyl (C=O) groups excluding carboxylic acids is 2. The number of amides is 2. The number of fused-ring (bicyclic) bond motifs is 1. The van der Waals surface area contributed by atoms with Gasteiger partial charge in [0.2, 0.25) is 0 Å². The molecule has 7 nitrogen and oxygen atoms in total. The van der Waals surface area contributed by atoms with Crippen molar-refractivity contribution in [1.82, 2.24) is 15.8 Å². The molecule has 0 unspecified atom stereocenters. The number of hydroxylamine groups is 1. The van der Waals surface area contributed by atoms with Crippen LogP contribution in [0.4, 0.5) is 0 Å². The van der Waals surface area contributed by atoms with E-state index < -0.39 is 5.91 Å². The predicted octanol–water partition coefficient (Wildman–Crippen LogP) is 2.16. The van der Waals surface area contributed by atoms with E-state index in [0.717, 1.165) is 10.9 Å². The summed E-state index contributed by atoms with van der Waals surface area (Å²) in [5.41, 5.74) is 3.21. The Labute approximate surface area is 149 Å². The molecular weight excluding hydrogens is 334 g/mol. The Morgan fingerprint density at radius 1 is 1.00 bits per heavy atom. The molecule has 0 radical (unpaired) electrons. The van der Waals surface area contributed by atoms with Gasteiger partial charge in [-0.25, -0.2) is 5.48 Å². The highest BCUT2D eigenvalue weighted by Gasteiger charge is 2.09. The van der Waals surface area contributed by atoms with Crippen molar-refractivity contribution in [3.63, 3.8) is 0 Å². The van der Waals surface area contributed by atoms with Crippen molar-refractivity contribution in [2.45, 2.75) is 0 Å². The van der Waals surface area contributed by atoms with E-state index in [0.29, 0.717) is 23.4 Å². The minimum atomic E-state index is -0.589. The lowest BCUT2D eigenvalue weighted by Gasteiger charge is -2.09. The molecule has 1 aromatic heterocycles. The summed E-state index contributed by atoms with van der Waals surface area (Å²) in [7, 11) is 0. The standard InChI is InChI=1S/C19H17N3O4/c23-18(22-25)13-5-7-14(8-6-13)26-12-11-21-19(24)16-9-10-20-17-4-2-1-3-15(16)17/h1-10,25H,11-12H2,(H,21,24)(H,22,23). The van der Waals surface area contributed by atoms with Gasteiger partial charge in [0.1, 0.15) is 12.4 Å².